The van der Waals surface area contributed by atoms with Crippen LogP contribution in [0.4, 0.5) is 11.6 Å². The number of carboxylic acids is 1. The minimum Gasteiger partial charge on any atom is -0.478 e. The molecule has 2 rings (SSSR count). The number of thioether (sulfide) groups is 1. The first-order valence-electron chi connectivity index (χ1n) is 6.31. The molecule has 1 atom stereocenters. The van der Waals surface area contributed by atoms with Crippen molar-refractivity contribution < 1.29 is 14.7 Å². The first-order chi connectivity index (χ1) is 10.9. The zero-order valence-corrected chi connectivity index (χ0v) is 13.4. The number of nitrogens with one attached hydrogen (secondary N) is 1. The van der Waals surface area contributed by atoms with Crippen LogP contribution in [-0.2, 0) is 4.79 Å². The van der Waals surface area contributed by atoms with Crippen molar-refractivity contribution in [2.75, 3.05) is 11.1 Å². The molecular formula is C13H12ClN5O3S. The molecule has 8 nitrogen and oxygen atoms in total. The Morgan fingerprint density at radius 1 is 1.39 bits per heavy atom. The molecule has 0 aliphatic heterocycles. The van der Waals surface area contributed by atoms with Crippen LogP contribution in [0.15, 0.2) is 29.7 Å². The molecule has 2 aromatic rings. The number of nitrogens with zero attached hydrogens (tertiary/aromatic N) is 3. The highest BCUT2D eigenvalue weighted by molar-refractivity contribution is 8.00. The first kappa shape index (κ1) is 17.0. The normalized spacial score (nSPS) is 11.7. The van der Waals surface area contributed by atoms with Crippen molar-refractivity contribution >= 4 is 46.9 Å². The second-order valence-electron chi connectivity index (χ2n) is 4.38. The fraction of sp³-hybridized carbons (Fsp3) is 0.154. The van der Waals surface area contributed by atoms with E-state index in [1.807, 2.05) is 0 Å². The summed E-state index contributed by atoms with van der Waals surface area (Å²) >= 11 is 6.88. The number of amides is 1. The van der Waals surface area contributed by atoms with E-state index in [4.69, 9.17) is 22.4 Å². The van der Waals surface area contributed by atoms with Crippen LogP contribution >= 0.6 is 23.4 Å². The van der Waals surface area contributed by atoms with Gasteiger partial charge in [0.1, 0.15) is 6.33 Å². The molecule has 1 aromatic carbocycles. The van der Waals surface area contributed by atoms with Crippen LogP contribution in [0.5, 0.6) is 0 Å². The van der Waals surface area contributed by atoms with E-state index in [-0.39, 0.29) is 22.4 Å². The Labute approximate surface area is 140 Å². The molecule has 1 aromatic heterocycles. The van der Waals surface area contributed by atoms with Gasteiger partial charge in [-0.25, -0.2) is 14.8 Å². The van der Waals surface area contributed by atoms with E-state index < -0.39 is 11.2 Å². The van der Waals surface area contributed by atoms with Gasteiger partial charge >= 0.3 is 5.97 Å². The molecule has 0 bridgehead atoms. The number of hydrogen-bond acceptors (Lipinski definition) is 7. The van der Waals surface area contributed by atoms with Crippen LogP contribution in [0.25, 0.3) is 0 Å². The number of halogens is 1. The molecule has 1 amide bonds. The third-order valence-electron chi connectivity index (χ3n) is 2.68. The predicted molar refractivity (Wildman–Crippen MR) is 86.6 cm³/mol. The number of carboxylic acid groups (broad SMARTS) is 1. The van der Waals surface area contributed by atoms with Crippen molar-refractivity contribution in [2.24, 2.45) is 0 Å². The Kier molecular flexibility index (Phi) is 5.35. The highest BCUT2D eigenvalue weighted by Crippen LogP contribution is 2.23. The molecule has 1 heterocycles. The molecule has 23 heavy (non-hydrogen) atoms. The monoisotopic (exact) mass is 353 g/mol. The van der Waals surface area contributed by atoms with Gasteiger partial charge in [0.05, 0.1) is 15.8 Å². The molecule has 0 saturated heterocycles. The average Bonchev–Trinajstić information content (AvgIpc) is 2.48. The lowest BCUT2D eigenvalue weighted by molar-refractivity contribution is -0.115. The smallest absolute Gasteiger partial charge is 0.337 e. The number of aromatic nitrogens is 3. The second-order valence-corrected chi connectivity index (χ2v) is 6.09. The van der Waals surface area contributed by atoms with Gasteiger partial charge in [0, 0.05) is 5.69 Å². The van der Waals surface area contributed by atoms with Gasteiger partial charge in [-0.2, -0.15) is 4.98 Å². The van der Waals surface area contributed by atoms with Crippen LogP contribution in [0.3, 0.4) is 0 Å². The SMILES string of the molecule is CC(Sc1ncnc(N)n1)C(=O)Nc1ccc(Cl)c(C(=O)O)c1. The molecule has 1 unspecified atom stereocenters. The number of aromatic carboxylic acids is 1. The number of nitrogens with two attached hydrogens (primary N) is 1. The van der Waals surface area contributed by atoms with Gasteiger partial charge < -0.3 is 16.2 Å². The minimum absolute atomic E-state index is 0.0684. The van der Waals surface area contributed by atoms with Gasteiger partial charge in [0.15, 0.2) is 5.16 Å². The van der Waals surface area contributed by atoms with Crippen LogP contribution in [0.1, 0.15) is 17.3 Å². The zero-order chi connectivity index (χ0) is 17.0. The molecular weight excluding hydrogens is 342 g/mol. The van der Waals surface area contributed by atoms with Crippen molar-refractivity contribution in [3.8, 4) is 0 Å². The Bertz CT molecular complexity index is 758. The highest BCUT2D eigenvalue weighted by Gasteiger charge is 2.17. The van der Waals surface area contributed by atoms with Crippen molar-refractivity contribution in [2.45, 2.75) is 17.3 Å². The van der Waals surface area contributed by atoms with E-state index in [0.29, 0.717) is 10.8 Å². The number of anilines is 2. The van der Waals surface area contributed by atoms with Gasteiger partial charge in [-0.05, 0) is 25.1 Å². The summed E-state index contributed by atoms with van der Waals surface area (Å²) in [6.07, 6.45) is 1.26. The molecule has 0 radical (unpaired) electrons. The summed E-state index contributed by atoms with van der Waals surface area (Å²) in [5.41, 5.74) is 5.69. The van der Waals surface area contributed by atoms with Gasteiger partial charge in [-0.15, -0.1) is 0 Å². The third-order valence-corrected chi connectivity index (χ3v) is 3.99. The van der Waals surface area contributed by atoms with E-state index >= 15 is 0 Å². The predicted octanol–water partition coefficient (Wildman–Crippen LogP) is 1.92. The number of rotatable bonds is 5. The van der Waals surface area contributed by atoms with Crippen LogP contribution in [0.2, 0.25) is 5.02 Å². The van der Waals surface area contributed by atoms with E-state index in [1.165, 1.54) is 24.5 Å². The van der Waals surface area contributed by atoms with Crippen molar-refractivity contribution in [3.63, 3.8) is 0 Å². The lowest BCUT2D eigenvalue weighted by Crippen LogP contribution is -2.23. The maximum atomic E-state index is 12.2. The maximum Gasteiger partial charge on any atom is 0.337 e. The molecule has 0 saturated carbocycles. The highest BCUT2D eigenvalue weighted by atomic mass is 35.5. The van der Waals surface area contributed by atoms with E-state index in [0.717, 1.165) is 11.8 Å². The van der Waals surface area contributed by atoms with E-state index in [1.54, 1.807) is 6.92 Å². The quantitative estimate of drug-likeness (QED) is 0.695. The topological polar surface area (TPSA) is 131 Å². The lowest BCUT2D eigenvalue weighted by Gasteiger charge is -2.12. The Morgan fingerprint density at radius 3 is 2.78 bits per heavy atom. The second kappa shape index (κ2) is 7.25. The van der Waals surface area contributed by atoms with E-state index in [2.05, 4.69) is 20.3 Å². The summed E-state index contributed by atoms with van der Waals surface area (Å²) in [4.78, 5) is 34.7. The third kappa shape index (κ3) is 4.54. The molecule has 0 fully saturated rings. The first-order valence-corrected chi connectivity index (χ1v) is 7.57. The maximum absolute atomic E-state index is 12.2. The van der Waals surface area contributed by atoms with E-state index in [9.17, 15) is 9.59 Å². The average molecular weight is 354 g/mol. The molecule has 0 aliphatic rings. The summed E-state index contributed by atoms with van der Waals surface area (Å²) in [7, 11) is 0. The molecule has 0 aliphatic carbocycles. The molecule has 120 valence electrons. The summed E-state index contributed by atoms with van der Waals surface area (Å²) < 4.78 is 0. The standard InChI is InChI=1S/C13H12ClN5O3S/c1-6(23-13-17-5-16-12(15)19-13)10(20)18-7-2-3-9(14)8(4-7)11(21)22/h2-6H,1H3,(H,18,20)(H,21,22)(H2,15,16,17,19). The number of nitrogen functional groups attached to an aromatic ring is 1. The van der Waals surface area contributed by atoms with Crippen molar-refractivity contribution in [3.05, 3.63) is 35.1 Å². The summed E-state index contributed by atoms with van der Waals surface area (Å²) in [6.45, 7) is 1.66. The van der Waals surface area contributed by atoms with Crippen LogP contribution < -0.4 is 11.1 Å². The number of carbonyl (C=O) groups excluding carboxylic acids is 1. The van der Waals surface area contributed by atoms with Crippen LogP contribution in [0, 0.1) is 0 Å². The Balaban J connectivity index is 2.06. The summed E-state index contributed by atoms with van der Waals surface area (Å²) in [5.74, 6) is -1.44. The van der Waals surface area contributed by atoms with Gasteiger partial charge in [0.2, 0.25) is 11.9 Å². The Morgan fingerprint density at radius 2 is 2.13 bits per heavy atom. The minimum atomic E-state index is -1.17. The van der Waals surface area contributed by atoms with Gasteiger partial charge in [0.25, 0.3) is 0 Å². The summed E-state index contributed by atoms with van der Waals surface area (Å²) in [5, 5.41) is 11.5. The van der Waals surface area contributed by atoms with Crippen molar-refractivity contribution in [1.82, 2.24) is 15.0 Å². The Hall–Kier alpha value is -2.39. The van der Waals surface area contributed by atoms with Crippen LogP contribution in [-0.4, -0.2) is 37.2 Å². The lowest BCUT2D eigenvalue weighted by atomic mass is 10.2. The largest absolute Gasteiger partial charge is 0.478 e. The van der Waals surface area contributed by atoms with Crippen molar-refractivity contribution in [1.29, 1.82) is 0 Å². The number of hydrogen-bond donors (Lipinski definition) is 3. The zero-order valence-electron chi connectivity index (χ0n) is 11.9. The summed E-state index contributed by atoms with van der Waals surface area (Å²) in [6, 6.07) is 4.22. The number of carbonyl (C=O) groups is 2. The molecule has 10 heteroatoms. The fourth-order valence-electron chi connectivity index (χ4n) is 1.57. The molecule has 4 N–H and O–H groups in total. The fourth-order valence-corrected chi connectivity index (χ4v) is 2.51. The number of benzene rings is 1. The van der Waals surface area contributed by atoms with Gasteiger partial charge in [-0.1, -0.05) is 23.4 Å². The van der Waals surface area contributed by atoms with Gasteiger partial charge in [-0.3, -0.25) is 4.79 Å². The molecule has 0 spiro atoms.